The molecule has 1 N–H and O–H groups in total. The number of pyridine rings is 1. The maximum atomic E-state index is 13.3. The molecule has 1 amide bonds. The average Bonchev–Trinajstić information content (AvgIpc) is 2.59. The van der Waals surface area contributed by atoms with Gasteiger partial charge >= 0.3 is 0 Å². The number of rotatable bonds is 5. The first-order chi connectivity index (χ1) is 12.8. The van der Waals surface area contributed by atoms with Gasteiger partial charge in [0.05, 0.1) is 5.52 Å². The number of carbonyl (C=O) groups excluding carboxylic acids is 1. The molecular weight excluding hydrogens is 348 g/mol. The highest BCUT2D eigenvalue weighted by molar-refractivity contribution is 5.94. The Balaban J connectivity index is 1.87. The van der Waals surface area contributed by atoms with E-state index in [1.54, 1.807) is 18.3 Å². The summed E-state index contributed by atoms with van der Waals surface area (Å²) in [5.74, 6) is 0.784. The zero-order valence-corrected chi connectivity index (χ0v) is 16.1. The van der Waals surface area contributed by atoms with Gasteiger partial charge in [-0.15, -0.1) is 0 Å². The van der Waals surface area contributed by atoms with Crippen LogP contribution in [0.2, 0.25) is 0 Å². The van der Waals surface area contributed by atoms with Crippen LogP contribution < -0.4 is 10.2 Å². The number of aromatic nitrogens is 1. The first-order valence-corrected chi connectivity index (χ1v) is 9.55. The topological polar surface area (TPSA) is 45.2 Å². The Hall–Kier alpha value is -2.24. The molecule has 2 unspecified atom stereocenters. The minimum atomic E-state index is -2.56. The van der Waals surface area contributed by atoms with Crippen molar-refractivity contribution in [3.63, 3.8) is 0 Å². The smallest absolute Gasteiger partial charge is 0.265 e. The highest BCUT2D eigenvalue weighted by Crippen LogP contribution is 2.34. The zero-order chi connectivity index (χ0) is 19.6. The van der Waals surface area contributed by atoms with Crippen molar-refractivity contribution in [3.8, 4) is 0 Å². The van der Waals surface area contributed by atoms with Crippen LogP contribution in [0.4, 0.5) is 14.5 Å². The fourth-order valence-corrected chi connectivity index (χ4v) is 3.94. The first kappa shape index (κ1) is 19.5. The second kappa shape index (κ2) is 8.19. The molecule has 1 saturated heterocycles. The van der Waals surface area contributed by atoms with Crippen LogP contribution in [-0.4, -0.2) is 30.0 Å². The molecule has 0 spiro atoms. The lowest BCUT2D eigenvalue weighted by Gasteiger charge is -2.39. The standard InChI is InChI=1S/C21H27F2N3O/c1-13(2)9-19(27)25-15-10-14(3)11-26(12-15)18-7-6-17(21(22)23)20-16(18)5-4-8-24-20/h4-8,13-15,21H,9-12H2,1-3H3,(H,25,27). The van der Waals surface area contributed by atoms with Gasteiger partial charge in [-0.25, -0.2) is 8.78 Å². The second-order valence-electron chi connectivity index (χ2n) is 7.98. The van der Waals surface area contributed by atoms with Gasteiger partial charge in [0.15, 0.2) is 0 Å². The van der Waals surface area contributed by atoms with Crippen molar-refractivity contribution in [2.75, 3.05) is 18.0 Å². The fourth-order valence-electron chi connectivity index (χ4n) is 3.94. The molecular formula is C21H27F2N3O. The molecule has 0 saturated carbocycles. The molecule has 1 aromatic carbocycles. The molecule has 27 heavy (non-hydrogen) atoms. The maximum Gasteiger partial charge on any atom is 0.265 e. The van der Waals surface area contributed by atoms with Gasteiger partial charge in [-0.2, -0.15) is 0 Å². The van der Waals surface area contributed by atoms with Gasteiger partial charge in [-0.3, -0.25) is 9.78 Å². The number of halogens is 2. The third-order valence-corrected chi connectivity index (χ3v) is 4.97. The van der Waals surface area contributed by atoms with Crippen molar-refractivity contribution in [2.45, 2.75) is 46.1 Å². The van der Waals surface area contributed by atoms with Crippen molar-refractivity contribution >= 4 is 22.5 Å². The van der Waals surface area contributed by atoms with E-state index in [1.165, 1.54) is 6.07 Å². The lowest BCUT2D eigenvalue weighted by molar-refractivity contribution is -0.122. The van der Waals surface area contributed by atoms with E-state index in [4.69, 9.17) is 0 Å². The van der Waals surface area contributed by atoms with Gasteiger partial charge in [0, 0.05) is 48.4 Å². The lowest BCUT2D eigenvalue weighted by atomic mass is 9.94. The van der Waals surface area contributed by atoms with E-state index in [1.807, 2.05) is 19.9 Å². The first-order valence-electron chi connectivity index (χ1n) is 9.55. The van der Waals surface area contributed by atoms with Crippen LogP contribution in [0.3, 0.4) is 0 Å². The summed E-state index contributed by atoms with van der Waals surface area (Å²) in [6.45, 7) is 7.71. The summed E-state index contributed by atoms with van der Waals surface area (Å²) in [5, 5.41) is 3.87. The Kier molecular flexibility index (Phi) is 5.92. The number of carbonyl (C=O) groups is 1. The molecule has 2 aromatic rings. The number of hydrogen-bond acceptors (Lipinski definition) is 3. The van der Waals surface area contributed by atoms with E-state index >= 15 is 0 Å². The van der Waals surface area contributed by atoms with Crippen molar-refractivity contribution in [3.05, 3.63) is 36.0 Å². The highest BCUT2D eigenvalue weighted by atomic mass is 19.3. The molecule has 0 aliphatic carbocycles. The van der Waals surface area contributed by atoms with Crippen molar-refractivity contribution in [1.82, 2.24) is 10.3 Å². The molecule has 1 aliphatic heterocycles. The summed E-state index contributed by atoms with van der Waals surface area (Å²) in [4.78, 5) is 18.6. The van der Waals surface area contributed by atoms with Crippen molar-refractivity contribution in [2.24, 2.45) is 11.8 Å². The zero-order valence-electron chi connectivity index (χ0n) is 16.1. The lowest BCUT2D eigenvalue weighted by Crippen LogP contribution is -2.50. The molecule has 1 aliphatic rings. The number of alkyl halides is 2. The van der Waals surface area contributed by atoms with Gasteiger partial charge in [0.1, 0.15) is 0 Å². The molecule has 1 fully saturated rings. The molecule has 0 radical (unpaired) electrons. The van der Waals surface area contributed by atoms with Crippen LogP contribution in [0.15, 0.2) is 30.5 Å². The Morgan fingerprint density at radius 1 is 1.30 bits per heavy atom. The SMILES string of the molecule is CC(C)CC(=O)NC1CC(C)CN(c2ccc(C(F)F)c3ncccc23)C1. The van der Waals surface area contributed by atoms with Crippen LogP contribution in [0.5, 0.6) is 0 Å². The van der Waals surface area contributed by atoms with E-state index in [9.17, 15) is 13.6 Å². The van der Waals surface area contributed by atoms with Crippen LogP contribution in [0.25, 0.3) is 10.9 Å². The van der Waals surface area contributed by atoms with Crippen LogP contribution >= 0.6 is 0 Å². The van der Waals surface area contributed by atoms with Gasteiger partial charge in [-0.1, -0.05) is 20.8 Å². The van der Waals surface area contributed by atoms with Gasteiger partial charge in [0.2, 0.25) is 5.91 Å². The van der Waals surface area contributed by atoms with Crippen molar-refractivity contribution < 1.29 is 13.6 Å². The normalized spacial score (nSPS) is 20.5. The number of fused-ring (bicyclic) bond motifs is 1. The Bertz CT molecular complexity index is 809. The van der Waals surface area contributed by atoms with Gasteiger partial charge in [0.25, 0.3) is 6.43 Å². The molecule has 146 valence electrons. The molecule has 0 bridgehead atoms. The molecule has 6 heteroatoms. The predicted molar refractivity (Wildman–Crippen MR) is 104 cm³/mol. The highest BCUT2D eigenvalue weighted by Gasteiger charge is 2.28. The van der Waals surface area contributed by atoms with E-state index in [-0.39, 0.29) is 17.5 Å². The Morgan fingerprint density at radius 3 is 2.78 bits per heavy atom. The number of anilines is 1. The van der Waals surface area contributed by atoms with Crippen LogP contribution in [0, 0.1) is 11.8 Å². The fraction of sp³-hybridized carbons (Fsp3) is 0.524. The number of benzene rings is 1. The minimum Gasteiger partial charge on any atom is -0.369 e. The summed E-state index contributed by atoms with van der Waals surface area (Å²) in [6.07, 6.45) is 0.429. The minimum absolute atomic E-state index is 0.0406. The largest absolute Gasteiger partial charge is 0.369 e. The van der Waals surface area contributed by atoms with E-state index in [2.05, 4.69) is 22.1 Å². The quantitative estimate of drug-likeness (QED) is 0.834. The summed E-state index contributed by atoms with van der Waals surface area (Å²) in [6, 6.07) is 6.91. The van der Waals surface area contributed by atoms with Crippen LogP contribution in [0.1, 0.15) is 45.6 Å². The van der Waals surface area contributed by atoms with Gasteiger partial charge < -0.3 is 10.2 Å². The second-order valence-corrected chi connectivity index (χ2v) is 7.98. The molecule has 2 atom stereocenters. The number of piperidine rings is 1. The maximum absolute atomic E-state index is 13.3. The summed E-state index contributed by atoms with van der Waals surface area (Å²) >= 11 is 0. The van der Waals surface area contributed by atoms with E-state index < -0.39 is 6.43 Å². The molecule has 1 aromatic heterocycles. The predicted octanol–water partition coefficient (Wildman–Crippen LogP) is 4.55. The molecule has 2 heterocycles. The summed E-state index contributed by atoms with van der Waals surface area (Å²) in [5.41, 5.74) is 1.21. The van der Waals surface area contributed by atoms with Crippen molar-refractivity contribution in [1.29, 1.82) is 0 Å². The monoisotopic (exact) mass is 375 g/mol. The number of nitrogens with zero attached hydrogens (tertiary/aromatic N) is 2. The number of nitrogens with one attached hydrogen (secondary N) is 1. The Labute approximate surface area is 159 Å². The third-order valence-electron chi connectivity index (χ3n) is 4.97. The number of hydrogen-bond donors (Lipinski definition) is 1. The third kappa shape index (κ3) is 4.54. The van der Waals surface area contributed by atoms with Gasteiger partial charge in [-0.05, 0) is 42.5 Å². The number of amides is 1. The molecule has 4 nitrogen and oxygen atoms in total. The summed E-state index contributed by atoms with van der Waals surface area (Å²) < 4.78 is 26.7. The van der Waals surface area contributed by atoms with E-state index in [0.29, 0.717) is 30.3 Å². The Morgan fingerprint density at radius 2 is 2.07 bits per heavy atom. The van der Waals surface area contributed by atoms with Crippen LogP contribution in [-0.2, 0) is 4.79 Å². The average molecular weight is 375 g/mol. The van der Waals surface area contributed by atoms with E-state index in [0.717, 1.165) is 24.0 Å². The summed E-state index contributed by atoms with van der Waals surface area (Å²) in [7, 11) is 0. The molecule has 3 rings (SSSR count).